The first kappa shape index (κ1) is 17.2. The Morgan fingerprint density at radius 2 is 1.86 bits per heavy atom. The molecule has 0 unspecified atom stereocenters. The average Bonchev–Trinajstić information content (AvgIpc) is 2.45. The number of nitrogens with one attached hydrogen (secondary N) is 1. The third-order valence-corrected chi connectivity index (χ3v) is 3.80. The lowest BCUT2D eigenvalue weighted by Crippen LogP contribution is -2.47. The molecule has 1 N–H and O–H groups in total. The Labute approximate surface area is 127 Å². The van der Waals surface area contributed by atoms with E-state index in [0.29, 0.717) is 6.54 Å². The fourth-order valence-corrected chi connectivity index (χ4v) is 1.65. The van der Waals surface area contributed by atoms with Crippen molar-refractivity contribution in [2.75, 3.05) is 27.7 Å². The second-order valence-electron chi connectivity index (χ2n) is 5.98. The van der Waals surface area contributed by atoms with Crippen LogP contribution in [0, 0.1) is 0 Å². The number of amides is 1. The van der Waals surface area contributed by atoms with Crippen molar-refractivity contribution in [1.82, 2.24) is 10.2 Å². The van der Waals surface area contributed by atoms with E-state index < -0.39 is 0 Å². The molecule has 0 heterocycles. The van der Waals surface area contributed by atoms with Crippen LogP contribution in [0.4, 0.5) is 0 Å². The topological polar surface area (TPSA) is 41.6 Å². The molecule has 1 aromatic carbocycles. The summed E-state index contributed by atoms with van der Waals surface area (Å²) in [7, 11) is 5.65. The molecule has 0 aromatic heterocycles. The van der Waals surface area contributed by atoms with Crippen molar-refractivity contribution in [2.45, 2.75) is 26.3 Å². The summed E-state index contributed by atoms with van der Waals surface area (Å²) in [5.74, 6) is 0.738. The van der Waals surface area contributed by atoms with Crippen LogP contribution < -0.4 is 10.1 Å². The van der Waals surface area contributed by atoms with Crippen molar-refractivity contribution >= 4 is 11.5 Å². The van der Waals surface area contributed by atoms with E-state index in [1.807, 2.05) is 45.3 Å². The molecule has 1 amide bonds. The Bertz CT molecular complexity index is 502. The van der Waals surface area contributed by atoms with E-state index in [9.17, 15) is 4.79 Å². The predicted molar refractivity (Wildman–Crippen MR) is 87.4 cm³/mol. The van der Waals surface area contributed by atoms with Gasteiger partial charge in [-0.25, -0.2) is 0 Å². The summed E-state index contributed by atoms with van der Waals surface area (Å²) in [6, 6.07) is 7.67. The molecule has 0 aliphatic carbocycles. The molecule has 0 fully saturated rings. The van der Waals surface area contributed by atoms with Gasteiger partial charge in [-0.1, -0.05) is 12.1 Å². The zero-order chi connectivity index (χ0) is 16.0. The number of nitrogens with zero attached hydrogens (tertiary/aromatic N) is 1. The first-order valence-corrected chi connectivity index (χ1v) is 7.04. The van der Waals surface area contributed by atoms with E-state index in [0.717, 1.165) is 16.9 Å². The van der Waals surface area contributed by atoms with Crippen molar-refractivity contribution in [2.24, 2.45) is 0 Å². The van der Waals surface area contributed by atoms with E-state index in [4.69, 9.17) is 4.74 Å². The van der Waals surface area contributed by atoms with Crippen molar-refractivity contribution in [3.8, 4) is 5.75 Å². The van der Waals surface area contributed by atoms with Gasteiger partial charge < -0.3 is 15.0 Å². The van der Waals surface area contributed by atoms with Gasteiger partial charge in [-0.2, -0.15) is 0 Å². The third kappa shape index (κ3) is 5.23. The zero-order valence-corrected chi connectivity index (χ0v) is 13.9. The molecule has 1 aromatic rings. The minimum atomic E-state index is -0.0719. The van der Waals surface area contributed by atoms with Gasteiger partial charge in [-0.15, -0.1) is 0 Å². The fraction of sp³-hybridized carbons (Fsp3) is 0.471. The van der Waals surface area contributed by atoms with Gasteiger partial charge in [-0.3, -0.25) is 4.79 Å². The maximum absolute atomic E-state index is 12.0. The first-order chi connectivity index (χ1) is 9.76. The van der Waals surface area contributed by atoms with E-state index in [2.05, 4.69) is 24.1 Å². The monoisotopic (exact) mass is 290 g/mol. The zero-order valence-electron chi connectivity index (χ0n) is 13.9. The number of carbonyl (C=O) groups is 1. The number of allylic oxidation sites excluding steroid dienone is 1. The molecule has 0 aliphatic rings. The molecule has 0 atom stereocenters. The van der Waals surface area contributed by atoms with Crippen molar-refractivity contribution < 1.29 is 9.53 Å². The van der Waals surface area contributed by atoms with Crippen molar-refractivity contribution in [3.63, 3.8) is 0 Å². The molecular formula is C17H26N2O2. The number of hydrogen-bond acceptors (Lipinski definition) is 3. The Morgan fingerprint density at radius 1 is 1.29 bits per heavy atom. The van der Waals surface area contributed by atoms with Gasteiger partial charge in [0.05, 0.1) is 7.11 Å². The highest BCUT2D eigenvalue weighted by Gasteiger charge is 2.20. The minimum Gasteiger partial charge on any atom is -0.497 e. The lowest BCUT2D eigenvalue weighted by Gasteiger charge is -2.32. The summed E-state index contributed by atoms with van der Waals surface area (Å²) in [5.41, 5.74) is 1.87. The van der Waals surface area contributed by atoms with Crippen LogP contribution in [-0.2, 0) is 4.79 Å². The highest BCUT2D eigenvalue weighted by Crippen LogP contribution is 2.18. The molecule has 21 heavy (non-hydrogen) atoms. The number of ether oxygens (including phenoxy) is 1. The van der Waals surface area contributed by atoms with Crippen LogP contribution in [0.1, 0.15) is 26.3 Å². The molecule has 116 valence electrons. The van der Waals surface area contributed by atoms with E-state index in [1.165, 1.54) is 0 Å². The largest absolute Gasteiger partial charge is 0.497 e. The van der Waals surface area contributed by atoms with Crippen LogP contribution in [0.2, 0.25) is 0 Å². The van der Waals surface area contributed by atoms with Crippen LogP contribution in [0.15, 0.2) is 30.3 Å². The Balaban J connectivity index is 2.66. The number of benzene rings is 1. The number of rotatable bonds is 6. The van der Waals surface area contributed by atoms with Crippen LogP contribution in [-0.4, -0.2) is 44.1 Å². The van der Waals surface area contributed by atoms with Gasteiger partial charge in [0.1, 0.15) is 5.75 Å². The van der Waals surface area contributed by atoms with Gasteiger partial charge in [0.25, 0.3) is 0 Å². The highest BCUT2D eigenvalue weighted by atomic mass is 16.5. The number of hydrogen-bond donors (Lipinski definition) is 1. The van der Waals surface area contributed by atoms with Gasteiger partial charge >= 0.3 is 0 Å². The normalized spacial score (nSPS) is 12.4. The lowest BCUT2D eigenvalue weighted by atomic mass is 10.0. The second-order valence-corrected chi connectivity index (χ2v) is 5.98. The molecule has 0 spiro atoms. The van der Waals surface area contributed by atoms with Gasteiger partial charge in [0, 0.05) is 18.2 Å². The average molecular weight is 290 g/mol. The smallest absolute Gasteiger partial charge is 0.244 e. The Kier molecular flexibility index (Phi) is 5.97. The highest BCUT2D eigenvalue weighted by molar-refractivity contribution is 5.94. The number of likely N-dealkylation sites (N-methyl/N-ethyl adjacent to an activating group) is 1. The summed E-state index contributed by atoms with van der Waals surface area (Å²) in [4.78, 5) is 14.1. The molecule has 4 heteroatoms. The molecular weight excluding hydrogens is 264 g/mol. The van der Waals surface area contributed by atoms with E-state index >= 15 is 0 Å². The second kappa shape index (κ2) is 7.27. The number of carbonyl (C=O) groups excluding carboxylic acids is 1. The Morgan fingerprint density at radius 3 is 2.33 bits per heavy atom. The van der Waals surface area contributed by atoms with Crippen LogP contribution in [0.5, 0.6) is 5.75 Å². The maximum Gasteiger partial charge on any atom is 0.244 e. The summed E-state index contributed by atoms with van der Waals surface area (Å²) >= 11 is 0. The van der Waals surface area contributed by atoms with E-state index in [1.54, 1.807) is 13.2 Å². The van der Waals surface area contributed by atoms with Crippen molar-refractivity contribution in [3.05, 3.63) is 35.9 Å². The number of methoxy groups -OCH3 is 1. The fourth-order valence-electron chi connectivity index (χ4n) is 1.65. The van der Waals surface area contributed by atoms with Crippen LogP contribution in [0.25, 0.3) is 5.57 Å². The summed E-state index contributed by atoms with van der Waals surface area (Å²) in [6.07, 6.45) is 1.63. The maximum atomic E-state index is 12.0. The van der Waals surface area contributed by atoms with E-state index in [-0.39, 0.29) is 11.4 Å². The quantitative estimate of drug-likeness (QED) is 0.819. The lowest BCUT2D eigenvalue weighted by molar-refractivity contribution is -0.116. The summed E-state index contributed by atoms with van der Waals surface area (Å²) < 4.78 is 5.13. The SMILES string of the molecule is COc1ccc(/C(C)=C/C(=O)NCC(C)(C)N(C)C)cc1. The first-order valence-electron chi connectivity index (χ1n) is 7.04. The molecule has 1 rings (SSSR count). The van der Waals surface area contributed by atoms with Crippen molar-refractivity contribution in [1.29, 1.82) is 0 Å². The standard InChI is InChI=1S/C17H26N2O2/c1-13(14-7-9-15(21-6)10-8-14)11-16(20)18-12-17(2,3)19(4)5/h7-11H,12H2,1-6H3,(H,18,20)/b13-11+. The molecule has 4 nitrogen and oxygen atoms in total. The molecule has 0 aliphatic heterocycles. The Hall–Kier alpha value is -1.81. The molecule has 0 radical (unpaired) electrons. The van der Waals surface area contributed by atoms with Gasteiger partial charge in [0.2, 0.25) is 5.91 Å². The van der Waals surface area contributed by atoms with Gasteiger partial charge in [0.15, 0.2) is 0 Å². The van der Waals surface area contributed by atoms with Gasteiger partial charge in [-0.05, 0) is 58.1 Å². The molecule has 0 bridgehead atoms. The molecule has 0 saturated carbocycles. The summed E-state index contributed by atoms with van der Waals surface area (Å²) in [5, 5.41) is 2.95. The third-order valence-electron chi connectivity index (χ3n) is 3.80. The predicted octanol–water partition coefficient (Wildman–Crippen LogP) is 2.55. The van der Waals surface area contributed by atoms with Crippen LogP contribution >= 0.6 is 0 Å². The summed E-state index contributed by atoms with van der Waals surface area (Å²) in [6.45, 7) is 6.71. The molecule has 0 saturated heterocycles. The van der Waals surface area contributed by atoms with Crippen LogP contribution in [0.3, 0.4) is 0 Å². The minimum absolute atomic E-state index is 0.0711.